The van der Waals surface area contributed by atoms with Crippen LogP contribution in [0.15, 0.2) is 12.4 Å². The van der Waals surface area contributed by atoms with E-state index in [2.05, 4.69) is 34.0 Å². The Morgan fingerprint density at radius 3 is 2.41 bits per heavy atom. The highest BCUT2D eigenvalue weighted by molar-refractivity contribution is 5.42. The third-order valence-corrected chi connectivity index (χ3v) is 5.27. The van der Waals surface area contributed by atoms with Crippen LogP contribution in [0, 0.1) is 17.8 Å². The van der Waals surface area contributed by atoms with E-state index in [1.54, 1.807) is 0 Å². The van der Waals surface area contributed by atoms with Gasteiger partial charge in [0, 0.05) is 25.7 Å². The van der Waals surface area contributed by atoms with Crippen molar-refractivity contribution < 1.29 is 0 Å². The molecule has 1 aliphatic carbocycles. The molecule has 1 saturated carbocycles. The first kappa shape index (κ1) is 15.5. The number of hydrogen-bond donors (Lipinski definition) is 2. The van der Waals surface area contributed by atoms with Gasteiger partial charge in [-0.15, -0.1) is 0 Å². The monoisotopic (exact) mass is 303 g/mol. The highest BCUT2D eigenvalue weighted by atomic mass is 15.3. The quantitative estimate of drug-likeness (QED) is 0.875. The van der Waals surface area contributed by atoms with Crippen molar-refractivity contribution in [1.82, 2.24) is 9.97 Å². The Labute approximate surface area is 133 Å². The molecular weight excluding hydrogens is 274 g/mol. The lowest BCUT2D eigenvalue weighted by atomic mass is 9.81. The van der Waals surface area contributed by atoms with Gasteiger partial charge < -0.3 is 16.0 Å². The van der Waals surface area contributed by atoms with Crippen LogP contribution >= 0.6 is 0 Å². The first-order valence-corrected chi connectivity index (χ1v) is 8.68. The molecule has 1 aliphatic heterocycles. The van der Waals surface area contributed by atoms with E-state index in [9.17, 15) is 0 Å². The van der Waals surface area contributed by atoms with Crippen LogP contribution in [0.5, 0.6) is 0 Å². The molecule has 1 aromatic rings. The molecule has 0 bridgehead atoms. The van der Waals surface area contributed by atoms with Gasteiger partial charge in [-0.1, -0.05) is 13.8 Å². The third kappa shape index (κ3) is 3.69. The molecular formula is C17H29N5. The van der Waals surface area contributed by atoms with E-state index in [-0.39, 0.29) is 0 Å². The average Bonchev–Trinajstić information content (AvgIpc) is 2.51. The fraction of sp³-hybridized carbons (Fsp3) is 0.765. The summed E-state index contributed by atoms with van der Waals surface area (Å²) in [5, 5.41) is 3.42. The average molecular weight is 303 g/mol. The maximum Gasteiger partial charge on any atom is 0.225 e. The van der Waals surface area contributed by atoms with Crippen molar-refractivity contribution in [3.63, 3.8) is 0 Å². The first-order chi connectivity index (χ1) is 10.6. The minimum absolute atomic E-state index is 0.416. The second kappa shape index (κ2) is 6.82. The van der Waals surface area contributed by atoms with Crippen molar-refractivity contribution in [3.05, 3.63) is 12.4 Å². The number of aromatic nitrogens is 2. The van der Waals surface area contributed by atoms with E-state index >= 15 is 0 Å². The van der Waals surface area contributed by atoms with E-state index in [0.717, 1.165) is 55.9 Å². The molecule has 0 aromatic carbocycles. The molecule has 0 radical (unpaired) electrons. The maximum absolute atomic E-state index is 5.81. The van der Waals surface area contributed by atoms with Crippen molar-refractivity contribution in [2.45, 2.75) is 45.6 Å². The van der Waals surface area contributed by atoms with Gasteiger partial charge in [0.05, 0.1) is 18.1 Å². The summed E-state index contributed by atoms with van der Waals surface area (Å²) in [4.78, 5) is 11.4. The number of rotatable bonds is 5. The highest BCUT2D eigenvalue weighted by Gasteiger charge is 2.25. The van der Waals surface area contributed by atoms with Gasteiger partial charge in [0.1, 0.15) is 0 Å². The Bertz CT molecular complexity index is 458. The smallest absolute Gasteiger partial charge is 0.225 e. The minimum Gasteiger partial charge on any atom is -0.382 e. The molecule has 0 amide bonds. The SMILES string of the molecule is CC(C)C1CCN(c2ncc(NCC3CC(N)C3)cn2)CC1. The number of anilines is 2. The van der Waals surface area contributed by atoms with Gasteiger partial charge in [0.2, 0.25) is 5.95 Å². The van der Waals surface area contributed by atoms with Crippen molar-refractivity contribution in [1.29, 1.82) is 0 Å². The third-order valence-electron chi connectivity index (χ3n) is 5.27. The van der Waals surface area contributed by atoms with Gasteiger partial charge in [-0.3, -0.25) is 0 Å². The summed E-state index contributed by atoms with van der Waals surface area (Å²) in [7, 11) is 0. The van der Waals surface area contributed by atoms with E-state index in [1.807, 2.05) is 12.4 Å². The van der Waals surface area contributed by atoms with Crippen LogP contribution in [0.1, 0.15) is 39.5 Å². The normalized spacial score (nSPS) is 26.1. The van der Waals surface area contributed by atoms with Crippen LogP contribution < -0.4 is 16.0 Å². The number of piperidine rings is 1. The molecule has 0 spiro atoms. The van der Waals surface area contributed by atoms with Crippen molar-refractivity contribution in [2.24, 2.45) is 23.5 Å². The summed E-state index contributed by atoms with van der Waals surface area (Å²) in [6.45, 7) is 7.79. The minimum atomic E-state index is 0.416. The van der Waals surface area contributed by atoms with Crippen molar-refractivity contribution in [3.8, 4) is 0 Å². The summed E-state index contributed by atoms with van der Waals surface area (Å²) in [6.07, 6.45) is 8.60. The van der Waals surface area contributed by atoms with Crippen molar-refractivity contribution in [2.75, 3.05) is 29.9 Å². The second-order valence-electron chi connectivity index (χ2n) is 7.32. The van der Waals surface area contributed by atoms with Crippen LogP contribution in [-0.4, -0.2) is 35.6 Å². The largest absolute Gasteiger partial charge is 0.382 e. The lowest BCUT2D eigenvalue weighted by molar-refractivity contribution is 0.280. The van der Waals surface area contributed by atoms with Crippen LogP contribution in [0.3, 0.4) is 0 Å². The zero-order valence-corrected chi connectivity index (χ0v) is 13.8. The molecule has 3 rings (SSSR count). The molecule has 0 unspecified atom stereocenters. The Kier molecular flexibility index (Phi) is 4.81. The number of hydrogen-bond acceptors (Lipinski definition) is 5. The van der Waals surface area contributed by atoms with Gasteiger partial charge in [0.15, 0.2) is 0 Å². The zero-order valence-electron chi connectivity index (χ0n) is 13.8. The van der Waals surface area contributed by atoms with Crippen LogP contribution in [0.4, 0.5) is 11.6 Å². The summed E-state index contributed by atoms with van der Waals surface area (Å²) in [6, 6.07) is 0.416. The number of nitrogens with two attached hydrogens (primary N) is 1. The predicted octanol–water partition coefficient (Wildman–Crippen LogP) is 2.50. The molecule has 2 heterocycles. The zero-order chi connectivity index (χ0) is 15.5. The molecule has 1 saturated heterocycles. The maximum atomic E-state index is 5.81. The molecule has 22 heavy (non-hydrogen) atoms. The van der Waals surface area contributed by atoms with E-state index in [1.165, 1.54) is 12.8 Å². The fourth-order valence-corrected chi connectivity index (χ4v) is 3.56. The fourth-order valence-electron chi connectivity index (χ4n) is 3.56. The van der Waals surface area contributed by atoms with Crippen LogP contribution in [0.2, 0.25) is 0 Å². The number of nitrogens with zero attached hydrogens (tertiary/aromatic N) is 3. The molecule has 5 heteroatoms. The molecule has 5 nitrogen and oxygen atoms in total. The number of nitrogens with one attached hydrogen (secondary N) is 1. The Morgan fingerprint density at radius 1 is 1.23 bits per heavy atom. The predicted molar refractivity (Wildman–Crippen MR) is 91.0 cm³/mol. The van der Waals surface area contributed by atoms with Crippen LogP contribution in [0.25, 0.3) is 0 Å². The van der Waals surface area contributed by atoms with E-state index < -0.39 is 0 Å². The molecule has 0 atom stereocenters. The van der Waals surface area contributed by atoms with Gasteiger partial charge in [-0.25, -0.2) is 9.97 Å². The molecule has 1 aromatic heterocycles. The topological polar surface area (TPSA) is 67.1 Å². The van der Waals surface area contributed by atoms with Gasteiger partial charge in [-0.05, 0) is 43.4 Å². The van der Waals surface area contributed by atoms with Crippen molar-refractivity contribution >= 4 is 11.6 Å². The van der Waals surface area contributed by atoms with Gasteiger partial charge in [-0.2, -0.15) is 0 Å². The molecule has 122 valence electrons. The lowest BCUT2D eigenvalue weighted by Crippen LogP contribution is -2.39. The van der Waals surface area contributed by atoms with Gasteiger partial charge >= 0.3 is 0 Å². The van der Waals surface area contributed by atoms with Crippen LogP contribution in [-0.2, 0) is 0 Å². The van der Waals surface area contributed by atoms with E-state index in [0.29, 0.717) is 12.0 Å². The second-order valence-corrected chi connectivity index (χ2v) is 7.32. The molecule has 2 fully saturated rings. The molecule has 2 aliphatic rings. The standard InChI is InChI=1S/C17H29N5/c1-12(2)14-3-5-22(6-4-14)17-20-10-16(11-21-17)19-9-13-7-15(18)8-13/h10-15,19H,3-9,18H2,1-2H3. The Hall–Kier alpha value is -1.36. The van der Waals surface area contributed by atoms with Gasteiger partial charge in [0.25, 0.3) is 0 Å². The summed E-state index contributed by atoms with van der Waals surface area (Å²) < 4.78 is 0. The first-order valence-electron chi connectivity index (χ1n) is 8.68. The summed E-state index contributed by atoms with van der Waals surface area (Å²) >= 11 is 0. The Balaban J connectivity index is 1.47. The summed E-state index contributed by atoms with van der Waals surface area (Å²) in [5.74, 6) is 3.23. The summed E-state index contributed by atoms with van der Waals surface area (Å²) in [5.41, 5.74) is 6.83. The Morgan fingerprint density at radius 2 is 1.86 bits per heavy atom. The lowest BCUT2D eigenvalue weighted by Gasteiger charge is -2.34. The molecule has 3 N–H and O–H groups in total. The highest BCUT2D eigenvalue weighted by Crippen LogP contribution is 2.27. The van der Waals surface area contributed by atoms with E-state index in [4.69, 9.17) is 5.73 Å².